The van der Waals surface area contributed by atoms with E-state index in [2.05, 4.69) is 31.4 Å². The maximum absolute atomic E-state index is 11.7. The minimum Gasteiger partial charge on any atom is -0.484 e. The SMILES string of the molecule is CCNCc1cccc(OCC(=O)NC(C)C(C)C)c1. The predicted molar refractivity (Wildman–Crippen MR) is 81.8 cm³/mol. The van der Waals surface area contributed by atoms with Crippen molar-refractivity contribution in [1.82, 2.24) is 10.6 Å². The van der Waals surface area contributed by atoms with Crippen LogP contribution in [0, 0.1) is 5.92 Å². The Morgan fingerprint density at radius 3 is 2.70 bits per heavy atom. The summed E-state index contributed by atoms with van der Waals surface area (Å²) >= 11 is 0. The first-order chi connectivity index (χ1) is 9.52. The number of hydrogen-bond acceptors (Lipinski definition) is 3. The molecule has 0 aliphatic carbocycles. The van der Waals surface area contributed by atoms with Crippen LogP contribution in [0.3, 0.4) is 0 Å². The summed E-state index contributed by atoms with van der Waals surface area (Å²) in [5, 5.41) is 6.18. The van der Waals surface area contributed by atoms with Gasteiger partial charge in [0.15, 0.2) is 6.61 Å². The zero-order valence-corrected chi connectivity index (χ0v) is 12.9. The van der Waals surface area contributed by atoms with Gasteiger partial charge < -0.3 is 15.4 Å². The van der Waals surface area contributed by atoms with Crippen molar-refractivity contribution in [3.63, 3.8) is 0 Å². The van der Waals surface area contributed by atoms with Gasteiger partial charge in [0, 0.05) is 12.6 Å². The summed E-state index contributed by atoms with van der Waals surface area (Å²) in [6, 6.07) is 7.97. The summed E-state index contributed by atoms with van der Waals surface area (Å²) in [5.74, 6) is 1.07. The lowest BCUT2D eigenvalue weighted by atomic mass is 10.1. The third-order valence-corrected chi connectivity index (χ3v) is 3.24. The second kappa shape index (κ2) is 8.59. The summed E-state index contributed by atoms with van der Waals surface area (Å²) in [6.45, 7) is 10.0. The van der Waals surface area contributed by atoms with Crippen LogP contribution in [-0.2, 0) is 11.3 Å². The van der Waals surface area contributed by atoms with Gasteiger partial charge in [0.1, 0.15) is 5.75 Å². The Morgan fingerprint density at radius 2 is 2.05 bits per heavy atom. The number of benzene rings is 1. The molecule has 0 aromatic heterocycles. The number of rotatable bonds is 8. The summed E-state index contributed by atoms with van der Waals surface area (Å²) in [5.41, 5.74) is 1.15. The van der Waals surface area contributed by atoms with E-state index >= 15 is 0 Å². The van der Waals surface area contributed by atoms with Crippen molar-refractivity contribution in [3.05, 3.63) is 29.8 Å². The molecule has 2 N–H and O–H groups in total. The van der Waals surface area contributed by atoms with E-state index < -0.39 is 0 Å². The highest BCUT2D eigenvalue weighted by Gasteiger charge is 2.11. The first-order valence-corrected chi connectivity index (χ1v) is 7.24. The molecule has 112 valence electrons. The monoisotopic (exact) mass is 278 g/mol. The van der Waals surface area contributed by atoms with Crippen LogP contribution < -0.4 is 15.4 Å². The summed E-state index contributed by atoms with van der Waals surface area (Å²) < 4.78 is 5.53. The second-order valence-electron chi connectivity index (χ2n) is 5.32. The molecule has 0 radical (unpaired) electrons. The Hall–Kier alpha value is -1.55. The maximum atomic E-state index is 11.7. The van der Waals surface area contributed by atoms with Gasteiger partial charge in [0.05, 0.1) is 0 Å². The Morgan fingerprint density at radius 1 is 1.30 bits per heavy atom. The lowest BCUT2D eigenvalue weighted by Crippen LogP contribution is -2.38. The average Bonchev–Trinajstić information content (AvgIpc) is 2.43. The van der Waals surface area contributed by atoms with Crippen LogP contribution in [-0.4, -0.2) is 25.1 Å². The average molecular weight is 278 g/mol. The van der Waals surface area contributed by atoms with E-state index in [-0.39, 0.29) is 18.6 Å². The Balaban J connectivity index is 2.43. The first-order valence-electron chi connectivity index (χ1n) is 7.24. The summed E-state index contributed by atoms with van der Waals surface area (Å²) in [4.78, 5) is 11.7. The van der Waals surface area contributed by atoms with Crippen molar-refractivity contribution in [2.24, 2.45) is 5.92 Å². The minimum absolute atomic E-state index is 0.0573. The fourth-order valence-corrected chi connectivity index (χ4v) is 1.63. The standard InChI is InChI=1S/C16H26N2O2/c1-5-17-10-14-7-6-8-15(9-14)20-11-16(19)18-13(4)12(2)3/h6-9,12-13,17H,5,10-11H2,1-4H3,(H,18,19). The first kappa shape index (κ1) is 16.5. The molecule has 0 aliphatic heterocycles. The predicted octanol–water partition coefficient (Wildman–Crippen LogP) is 2.34. The molecule has 0 saturated carbocycles. The Kier molecular flexibility index (Phi) is 7.09. The van der Waals surface area contributed by atoms with Crippen molar-refractivity contribution in [2.45, 2.75) is 40.3 Å². The lowest BCUT2D eigenvalue weighted by Gasteiger charge is -2.17. The van der Waals surface area contributed by atoms with Crippen molar-refractivity contribution in [2.75, 3.05) is 13.2 Å². The van der Waals surface area contributed by atoms with Gasteiger partial charge in [0.25, 0.3) is 5.91 Å². The molecule has 4 heteroatoms. The molecule has 1 unspecified atom stereocenters. The van der Waals surface area contributed by atoms with Crippen molar-refractivity contribution in [3.8, 4) is 5.75 Å². The highest BCUT2D eigenvalue weighted by atomic mass is 16.5. The molecular formula is C16H26N2O2. The largest absolute Gasteiger partial charge is 0.484 e. The molecule has 4 nitrogen and oxygen atoms in total. The topological polar surface area (TPSA) is 50.4 Å². The molecule has 1 aromatic rings. The van der Waals surface area contributed by atoms with Gasteiger partial charge in [-0.15, -0.1) is 0 Å². The summed E-state index contributed by atoms with van der Waals surface area (Å²) in [6.07, 6.45) is 0. The molecule has 0 spiro atoms. The number of carbonyl (C=O) groups is 1. The van der Waals surface area contributed by atoms with E-state index in [9.17, 15) is 4.79 Å². The van der Waals surface area contributed by atoms with Gasteiger partial charge in [-0.3, -0.25) is 4.79 Å². The van der Waals surface area contributed by atoms with Gasteiger partial charge in [-0.25, -0.2) is 0 Å². The third-order valence-electron chi connectivity index (χ3n) is 3.24. The van der Waals surface area contributed by atoms with Crippen molar-refractivity contribution < 1.29 is 9.53 Å². The smallest absolute Gasteiger partial charge is 0.258 e. The zero-order valence-electron chi connectivity index (χ0n) is 12.9. The van der Waals surface area contributed by atoms with Gasteiger partial charge >= 0.3 is 0 Å². The fourth-order valence-electron chi connectivity index (χ4n) is 1.63. The minimum atomic E-state index is -0.0803. The maximum Gasteiger partial charge on any atom is 0.258 e. The second-order valence-corrected chi connectivity index (χ2v) is 5.32. The zero-order chi connectivity index (χ0) is 15.0. The normalized spacial score (nSPS) is 12.2. The number of carbonyl (C=O) groups excluding carboxylic acids is 1. The molecule has 1 atom stereocenters. The highest BCUT2D eigenvalue weighted by Crippen LogP contribution is 2.13. The van der Waals surface area contributed by atoms with Crippen LogP contribution in [0.15, 0.2) is 24.3 Å². The van der Waals surface area contributed by atoms with Crippen LogP contribution >= 0.6 is 0 Å². The number of ether oxygens (including phenoxy) is 1. The van der Waals surface area contributed by atoms with Crippen LogP contribution in [0.25, 0.3) is 0 Å². The molecule has 0 fully saturated rings. The molecule has 1 amide bonds. The Bertz CT molecular complexity index is 419. The van der Waals surface area contributed by atoms with E-state index in [0.717, 1.165) is 24.4 Å². The third kappa shape index (κ3) is 6.06. The molecule has 0 aliphatic rings. The molecule has 0 saturated heterocycles. The van der Waals surface area contributed by atoms with E-state index in [0.29, 0.717) is 5.92 Å². The van der Waals surface area contributed by atoms with Crippen LogP contribution in [0.5, 0.6) is 5.75 Å². The highest BCUT2D eigenvalue weighted by molar-refractivity contribution is 5.77. The molecule has 0 bridgehead atoms. The molecule has 1 rings (SSSR count). The number of hydrogen-bond donors (Lipinski definition) is 2. The van der Waals surface area contributed by atoms with Crippen LogP contribution in [0.1, 0.15) is 33.3 Å². The fraction of sp³-hybridized carbons (Fsp3) is 0.562. The van der Waals surface area contributed by atoms with E-state index in [4.69, 9.17) is 4.74 Å². The molecule has 20 heavy (non-hydrogen) atoms. The van der Waals surface area contributed by atoms with Crippen LogP contribution in [0.4, 0.5) is 0 Å². The van der Waals surface area contributed by atoms with Crippen molar-refractivity contribution >= 4 is 5.91 Å². The van der Waals surface area contributed by atoms with Gasteiger partial charge in [-0.05, 0) is 37.1 Å². The summed E-state index contributed by atoms with van der Waals surface area (Å²) in [7, 11) is 0. The number of amides is 1. The lowest BCUT2D eigenvalue weighted by molar-refractivity contribution is -0.124. The van der Waals surface area contributed by atoms with E-state index in [1.54, 1.807) is 0 Å². The van der Waals surface area contributed by atoms with Gasteiger partial charge in [-0.1, -0.05) is 32.9 Å². The molecule has 1 aromatic carbocycles. The quantitative estimate of drug-likeness (QED) is 0.767. The Labute approximate surface area is 121 Å². The molecule has 0 heterocycles. The van der Waals surface area contributed by atoms with Crippen LogP contribution in [0.2, 0.25) is 0 Å². The number of nitrogens with one attached hydrogen (secondary N) is 2. The van der Waals surface area contributed by atoms with Gasteiger partial charge in [-0.2, -0.15) is 0 Å². The van der Waals surface area contributed by atoms with E-state index in [1.165, 1.54) is 0 Å². The van der Waals surface area contributed by atoms with Crippen molar-refractivity contribution in [1.29, 1.82) is 0 Å². The molecular weight excluding hydrogens is 252 g/mol. The van der Waals surface area contributed by atoms with Gasteiger partial charge in [0.2, 0.25) is 0 Å². The van der Waals surface area contributed by atoms with E-state index in [1.807, 2.05) is 31.2 Å².